The molecule has 0 radical (unpaired) electrons. The highest BCUT2D eigenvalue weighted by molar-refractivity contribution is 7.90. The molecule has 0 saturated carbocycles. The van der Waals surface area contributed by atoms with Crippen molar-refractivity contribution < 1.29 is 18.0 Å². The number of benzene rings is 2. The van der Waals surface area contributed by atoms with Gasteiger partial charge in [-0.25, -0.2) is 12.7 Å². The van der Waals surface area contributed by atoms with Gasteiger partial charge in [-0.1, -0.05) is 30.3 Å². The molecule has 0 saturated heterocycles. The molecular weight excluding hydrogens is 402 g/mol. The molecule has 5 rings (SSSR count). The minimum absolute atomic E-state index is 0.0392. The van der Waals surface area contributed by atoms with Crippen LogP contribution in [0.5, 0.6) is 0 Å². The van der Waals surface area contributed by atoms with Gasteiger partial charge in [0.15, 0.2) is 0 Å². The minimum atomic E-state index is -4.04. The summed E-state index contributed by atoms with van der Waals surface area (Å²) < 4.78 is 26.6. The minimum Gasteiger partial charge on any atom is -0.358 e. The highest BCUT2D eigenvalue weighted by Gasteiger charge is 2.46. The number of para-hydroxylation sites is 1. The number of fused-ring (bicyclic) bond motifs is 4. The largest absolute Gasteiger partial charge is 0.358 e. The van der Waals surface area contributed by atoms with Crippen LogP contribution in [0.1, 0.15) is 34.1 Å². The number of nitrogens with zero attached hydrogens (tertiary/aromatic N) is 2. The number of amides is 2. The summed E-state index contributed by atoms with van der Waals surface area (Å²) in [5.74, 6) is -1.01. The molecule has 2 aliphatic rings. The normalized spacial score (nSPS) is 18.4. The molecule has 2 aromatic carbocycles. The van der Waals surface area contributed by atoms with Crippen molar-refractivity contribution >= 4 is 32.7 Å². The van der Waals surface area contributed by atoms with E-state index in [9.17, 15) is 18.0 Å². The first-order chi connectivity index (χ1) is 14.3. The van der Waals surface area contributed by atoms with Crippen molar-refractivity contribution in [1.82, 2.24) is 14.2 Å². The van der Waals surface area contributed by atoms with Gasteiger partial charge in [-0.2, -0.15) is 0 Å². The van der Waals surface area contributed by atoms with Crippen LogP contribution in [0.25, 0.3) is 10.9 Å². The fourth-order valence-electron chi connectivity index (χ4n) is 4.52. The Kier molecular flexibility index (Phi) is 4.05. The van der Waals surface area contributed by atoms with Crippen LogP contribution in [0.2, 0.25) is 0 Å². The van der Waals surface area contributed by atoms with Crippen molar-refractivity contribution in [3.63, 3.8) is 0 Å². The number of nitrogens with one attached hydrogen (secondary N) is 1. The summed E-state index contributed by atoms with van der Waals surface area (Å²) in [6.07, 6.45) is 0.656. The number of sulfonamides is 1. The van der Waals surface area contributed by atoms with E-state index in [-0.39, 0.29) is 16.4 Å². The monoisotopic (exact) mass is 423 g/mol. The van der Waals surface area contributed by atoms with E-state index in [0.717, 1.165) is 32.0 Å². The molecular formula is C22H21N3O4S. The van der Waals surface area contributed by atoms with E-state index in [4.69, 9.17) is 0 Å². The molecule has 2 aliphatic heterocycles. The molecule has 1 aromatic heterocycles. The number of aryl methyl sites for hydroxylation is 1. The molecule has 3 aromatic rings. The second kappa shape index (κ2) is 6.43. The van der Waals surface area contributed by atoms with Gasteiger partial charge < -0.3 is 9.88 Å². The van der Waals surface area contributed by atoms with Crippen LogP contribution in [0.3, 0.4) is 0 Å². The Bertz CT molecular complexity index is 1330. The van der Waals surface area contributed by atoms with Gasteiger partial charge in [0.2, 0.25) is 5.91 Å². The maximum atomic E-state index is 13.3. The van der Waals surface area contributed by atoms with Crippen molar-refractivity contribution in [3.8, 4) is 0 Å². The van der Waals surface area contributed by atoms with E-state index in [2.05, 4.69) is 4.98 Å². The van der Waals surface area contributed by atoms with Crippen molar-refractivity contribution in [3.05, 3.63) is 64.8 Å². The standard InChI is InChI=1S/C22H21N3O4S/c1-13-6-5-8-15-17-12-24(11-10-18(17)23-20(13)15)21(26)14(2)25-22(27)16-7-3-4-9-19(16)30(25,28)29/h3-9,14,23H,10-12H2,1-2H3. The topological polar surface area (TPSA) is 90.6 Å². The van der Waals surface area contributed by atoms with Gasteiger partial charge in [0.1, 0.15) is 10.9 Å². The third-order valence-corrected chi connectivity index (χ3v) is 8.01. The second-order valence-corrected chi connectivity index (χ2v) is 9.65. The van der Waals surface area contributed by atoms with Crippen molar-refractivity contribution in [2.75, 3.05) is 6.54 Å². The quantitative estimate of drug-likeness (QED) is 0.686. The third-order valence-electron chi connectivity index (χ3n) is 6.09. The molecule has 0 aliphatic carbocycles. The van der Waals surface area contributed by atoms with Crippen LogP contribution in [0, 0.1) is 6.92 Å². The molecule has 2 amide bonds. The predicted molar refractivity (Wildman–Crippen MR) is 111 cm³/mol. The highest BCUT2D eigenvalue weighted by atomic mass is 32.2. The first-order valence-corrected chi connectivity index (χ1v) is 11.3. The molecule has 1 atom stereocenters. The Morgan fingerprint density at radius 2 is 1.90 bits per heavy atom. The summed E-state index contributed by atoms with van der Waals surface area (Å²) in [5.41, 5.74) is 4.48. The van der Waals surface area contributed by atoms with E-state index in [1.807, 2.05) is 25.1 Å². The zero-order valence-electron chi connectivity index (χ0n) is 16.7. The highest BCUT2D eigenvalue weighted by Crippen LogP contribution is 2.34. The summed E-state index contributed by atoms with van der Waals surface area (Å²) >= 11 is 0. The van der Waals surface area contributed by atoms with Crippen LogP contribution in [-0.4, -0.2) is 47.0 Å². The lowest BCUT2D eigenvalue weighted by atomic mass is 10.0. The maximum Gasteiger partial charge on any atom is 0.269 e. The Balaban J connectivity index is 1.46. The molecule has 0 bridgehead atoms. The van der Waals surface area contributed by atoms with E-state index < -0.39 is 22.0 Å². The predicted octanol–water partition coefficient (Wildman–Crippen LogP) is 2.59. The van der Waals surface area contributed by atoms with Gasteiger partial charge in [0, 0.05) is 41.7 Å². The number of hydrogen-bond donors (Lipinski definition) is 1. The van der Waals surface area contributed by atoms with Gasteiger partial charge >= 0.3 is 0 Å². The Morgan fingerprint density at radius 1 is 1.13 bits per heavy atom. The first-order valence-electron chi connectivity index (χ1n) is 9.86. The molecule has 0 fully saturated rings. The van der Waals surface area contributed by atoms with E-state index in [1.165, 1.54) is 19.1 Å². The second-order valence-electron chi connectivity index (χ2n) is 7.87. The SMILES string of the molecule is Cc1cccc2c3c([nH]c12)CCN(C(=O)C(C)N1C(=O)c2ccccc2S1(=O)=O)C3. The van der Waals surface area contributed by atoms with Crippen molar-refractivity contribution in [1.29, 1.82) is 0 Å². The van der Waals surface area contributed by atoms with Crippen LogP contribution in [0.15, 0.2) is 47.4 Å². The van der Waals surface area contributed by atoms with Crippen LogP contribution < -0.4 is 0 Å². The molecule has 30 heavy (non-hydrogen) atoms. The molecule has 1 N–H and O–H groups in total. The Morgan fingerprint density at radius 3 is 2.67 bits per heavy atom. The molecule has 0 spiro atoms. The number of carbonyl (C=O) groups is 2. The molecule has 3 heterocycles. The summed E-state index contributed by atoms with van der Waals surface area (Å²) in [7, 11) is -4.04. The number of aromatic nitrogens is 1. The van der Waals surface area contributed by atoms with Crippen molar-refractivity contribution in [2.24, 2.45) is 0 Å². The summed E-state index contributed by atoms with van der Waals surface area (Å²) in [4.78, 5) is 31.1. The average molecular weight is 423 g/mol. The number of aromatic amines is 1. The lowest BCUT2D eigenvalue weighted by molar-refractivity contribution is -0.135. The lowest BCUT2D eigenvalue weighted by Crippen LogP contribution is -2.50. The van der Waals surface area contributed by atoms with Gasteiger partial charge in [-0.05, 0) is 31.5 Å². The van der Waals surface area contributed by atoms with Gasteiger partial charge in [0.05, 0.1) is 5.56 Å². The molecule has 8 heteroatoms. The zero-order valence-corrected chi connectivity index (χ0v) is 17.5. The van der Waals surface area contributed by atoms with E-state index in [0.29, 0.717) is 19.5 Å². The number of hydrogen-bond acceptors (Lipinski definition) is 4. The fourth-order valence-corrected chi connectivity index (χ4v) is 6.24. The molecule has 7 nitrogen and oxygen atoms in total. The number of carbonyl (C=O) groups excluding carboxylic acids is 2. The Labute approximate surface area is 174 Å². The molecule has 154 valence electrons. The number of H-pyrrole nitrogens is 1. The van der Waals surface area contributed by atoms with Gasteiger partial charge in [0.25, 0.3) is 15.9 Å². The smallest absolute Gasteiger partial charge is 0.269 e. The summed E-state index contributed by atoms with van der Waals surface area (Å²) in [5, 5.41) is 1.08. The average Bonchev–Trinajstić information content (AvgIpc) is 3.21. The lowest BCUT2D eigenvalue weighted by Gasteiger charge is -2.32. The van der Waals surface area contributed by atoms with E-state index in [1.54, 1.807) is 17.0 Å². The third kappa shape index (κ3) is 2.53. The maximum absolute atomic E-state index is 13.3. The fraction of sp³-hybridized carbons (Fsp3) is 0.273. The van der Waals surface area contributed by atoms with Crippen molar-refractivity contribution in [2.45, 2.75) is 37.8 Å². The Hall–Kier alpha value is -3.13. The van der Waals surface area contributed by atoms with Crippen LogP contribution in [0.4, 0.5) is 0 Å². The zero-order chi connectivity index (χ0) is 21.2. The van der Waals surface area contributed by atoms with Crippen LogP contribution in [-0.2, 0) is 27.8 Å². The summed E-state index contributed by atoms with van der Waals surface area (Å²) in [6, 6.07) is 11.0. The van der Waals surface area contributed by atoms with Gasteiger partial charge in [-0.15, -0.1) is 0 Å². The van der Waals surface area contributed by atoms with E-state index >= 15 is 0 Å². The first kappa shape index (κ1) is 18.9. The van der Waals surface area contributed by atoms with Gasteiger partial charge in [-0.3, -0.25) is 9.59 Å². The molecule has 1 unspecified atom stereocenters. The summed E-state index contributed by atoms with van der Waals surface area (Å²) in [6.45, 7) is 4.38. The number of rotatable bonds is 2. The van der Waals surface area contributed by atoms with Crippen LogP contribution >= 0.6 is 0 Å².